The summed E-state index contributed by atoms with van der Waals surface area (Å²) in [5.74, 6) is -1.39. The lowest BCUT2D eigenvalue weighted by Crippen LogP contribution is -2.48. The average molecular weight is 303 g/mol. The summed E-state index contributed by atoms with van der Waals surface area (Å²) in [7, 11) is -1.25. The molecule has 0 aromatic carbocycles. The van der Waals surface area contributed by atoms with Gasteiger partial charge in [0.05, 0.1) is 24.7 Å². The van der Waals surface area contributed by atoms with Gasteiger partial charge >= 0.3 is 12.1 Å². The molecular weight excluding hydrogens is 278 g/mol. The van der Waals surface area contributed by atoms with E-state index in [0.717, 1.165) is 6.04 Å². The molecule has 7 heteroatoms. The van der Waals surface area contributed by atoms with Crippen LogP contribution < -0.4 is 5.32 Å². The molecule has 0 heterocycles. The van der Waals surface area contributed by atoms with Crippen molar-refractivity contribution in [2.24, 2.45) is 5.92 Å². The lowest BCUT2D eigenvalue weighted by molar-refractivity contribution is -0.144. The molecule has 6 nitrogen and oxygen atoms in total. The number of hydrogen-bond donors (Lipinski definition) is 3. The number of carbonyl (C=O) groups is 2. The van der Waals surface area contributed by atoms with Crippen LogP contribution in [0, 0.1) is 5.92 Å². The number of alkyl carbamates (subject to hydrolysis) is 1. The Labute approximate surface area is 120 Å². The second kappa shape index (κ2) is 7.08. The van der Waals surface area contributed by atoms with Crippen LogP contribution in [0.4, 0.5) is 4.79 Å². The van der Waals surface area contributed by atoms with E-state index in [-0.39, 0.29) is 6.42 Å². The molecule has 116 valence electrons. The molecule has 20 heavy (non-hydrogen) atoms. The maximum Gasteiger partial charge on any atom is 0.407 e. The van der Waals surface area contributed by atoms with E-state index in [2.05, 4.69) is 25.0 Å². The zero-order chi connectivity index (χ0) is 15.3. The predicted molar refractivity (Wildman–Crippen MR) is 77.4 cm³/mol. The predicted octanol–water partition coefficient (Wildman–Crippen LogP) is 1.67. The minimum atomic E-state index is -1.25. The molecule has 0 aromatic heterocycles. The van der Waals surface area contributed by atoms with Gasteiger partial charge in [0.1, 0.15) is 0 Å². The first-order valence-corrected chi connectivity index (χ1v) is 10.7. The Balaban J connectivity index is 2.37. The summed E-state index contributed by atoms with van der Waals surface area (Å²) < 4.78 is 5.09. The van der Waals surface area contributed by atoms with Gasteiger partial charge in [-0.3, -0.25) is 4.79 Å². The van der Waals surface area contributed by atoms with Crippen molar-refractivity contribution in [2.45, 2.75) is 57.1 Å². The Hall–Kier alpha value is -1.08. The second-order valence-electron chi connectivity index (χ2n) is 6.61. The zero-order valence-electron chi connectivity index (χ0n) is 12.4. The second-order valence-corrected chi connectivity index (χ2v) is 12.2. The van der Waals surface area contributed by atoms with Crippen LogP contribution in [0.25, 0.3) is 0 Å². The fourth-order valence-corrected chi connectivity index (χ4v) is 2.89. The van der Waals surface area contributed by atoms with E-state index in [9.17, 15) is 14.7 Å². The monoisotopic (exact) mass is 303 g/mol. The quantitative estimate of drug-likeness (QED) is 0.671. The zero-order valence-corrected chi connectivity index (χ0v) is 13.4. The van der Waals surface area contributed by atoms with Gasteiger partial charge in [-0.15, -0.1) is 0 Å². The minimum Gasteiger partial charge on any atom is -0.481 e. The Kier molecular flexibility index (Phi) is 6.00. The van der Waals surface area contributed by atoms with Crippen LogP contribution in [0.1, 0.15) is 19.3 Å². The first kappa shape index (κ1) is 17.0. The SMILES string of the molecule is C[Si](C)(C)CCOC(=O)NC1CC(C(=O)O)CCC1O. The number of ether oxygens (including phenoxy) is 1. The molecule has 0 radical (unpaired) electrons. The summed E-state index contributed by atoms with van der Waals surface area (Å²) in [5, 5.41) is 21.4. The van der Waals surface area contributed by atoms with E-state index in [1.807, 2.05) is 0 Å². The molecule has 0 spiro atoms. The number of nitrogens with one attached hydrogen (secondary N) is 1. The summed E-state index contributed by atoms with van der Waals surface area (Å²) in [4.78, 5) is 22.6. The third-order valence-corrected chi connectivity index (χ3v) is 5.26. The number of amides is 1. The summed E-state index contributed by atoms with van der Waals surface area (Å²) in [6, 6.07) is 0.343. The van der Waals surface area contributed by atoms with Crippen LogP contribution in [-0.4, -0.2) is 49.1 Å². The lowest BCUT2D eigenvalue weighted by atomic mass is 9.84. The summed E-state index contributed by atoms with van der Waals surface area (Å²) >= 11 is 0. The van der Waals surface area contributed by atoms with Crippen molar-refractivity contribution in [2.75, 3.05) is 6.61 Å². The van der Waals surface area contributed by atoms with Gasteiger partial charge in [0.15, 0.2) is 0 Å². The van der Waals surface area contributed by atoms with E-state index in [0.29, 0.717) is 19.4 Å². The molecule has 0 aliphatic heterocycles. The van der Waals surface area contributed by atoms with Crippen molar-refractivity contribution in [3.63, 3.8) is 0 Å². The molecule has 0 bridgehead atoms. The highest BCUT2D eigenvalue weighted by molar-refractivity contribution is 6.76. The molecule has 1 rings (SSSR count). The van der Waals surface area contributed by atoms with Gasteiger partial charge in [0, 0.05) is 8.07 Å². The van der Waals surface area contributed by atoms with Crippen LogP contribution in [-0.2, 0) is 9.53 Å². The van der Waals surface area contributed by atoms with Crippen molar-refractivity contribution in [3.8, 4) is 0 Å². The standard InChI is InChI=1S/C13H25NO5Si/c1-20(2,3)7-6-19-13(18)14-10-8-9(12(16)17)4-5-11(10)15/h9-11,15H,4-8H2,1-3H3,(H,14,18)(H,16,17). The molecular formula is C13H25NO5Si. The molecule has 0 aromatic rings. The van der Waals surface area contributed by atoms with E-state index < -0.39 is 38.2 Å². The molecule has 1 fully saturated rings. The summed E-state index contributed by atoms with van der Waals surface area (Å²) in [6.07, 6.45) is -0.191. The largest absolute Gasteiger partial charge is 0.481 e. The van der Waals surface area contributed by atoms with Crippen LogP contribution in [0.5, 0.6) is 0 Å². The molecule has 3 unspecified atom stereocenters. The molecule has 1 amide bonds. The number of carbonyl (C=O) groups excluding carboxylic acids is 1. The van der Waals surface area contributed by atoms with Crippen LogP contribution >= 0.6 is 0 Å². The third-order valence-electron chi connectivity index (χ3n) is 3.55. The molecule has 3 atom stereocenters. The topological polar surface area (TPSA) is 95.9 Å². The van der Waals surface area contributed by atoms with Crippen LogP contribution in [0.3, 0.4) is 0 Å². The van der Waals surface area contributed by atoms with Gasteiger partial charge in [-0.05, 0) is 25.3 Å². The Morgan fingerprint density at radius 2 is 1.95 bits per heavy atom. The van der Waals surface area contributed by atoms with Crippen molar-refractivity contribution in [3.05, 3.63) is 0 Å². The minimum absolute atomic E-state index is 0.250. The Morgan fingerprint density at radius 3 is 2.50 bits per heavy atom. The Morgan fingerprint density at radius 1 is 1.30 bits per heavy atom. The highest BCUT2D eigenvalue weighted by Crippen LogP contribution is 2.25. The van der Waals surface area contributed by atoms with Gasteiger partial charge < -0.3 is 20.3 Å². The molecule has 0 saturated heterocycles. The van der Waals surface area contributed by atoms with E-state index in [1.165, 1.54) is 0 Å². The van der Waals surface area contributed by atoms with E-state index >= 15 is 0 Å². The van der Waals surface area contributed by atoms with Gasteiger partial charge in [-0.1, -0.05) is 19.6 Å². The summed E-state index contributed by atoms with van der Waals surface area (Å²) in [6.45, 7) is 6.94. The molecule has 1 aliphatic carbocycles. The number of carboxylic acid groups (broad SMARTS) is 1. The number of aliphatic hydroxyl groups is 1. The van der Waals surface area contributed by atoms with Crippen molar-refractivity contribution in [1.29, 1.82) is 0 Å². The smallest absolute Gasteiger partial charge is 0.407 e. The first-order chi connectivity index (χ1) is 9.19. The molecule has 1 saturated carbocycles. The first-order valence-electron chi connectivity index (χ1n) is 7.03. The summed E-state index contributed by atoms with van der Waals surface area (Å²) in [5.41, 5.74) is 0. The highest BCUT2D eigenvalue weighted by atomic mass is 28.3. The van der Waals surface area contributed by atoms with Crippen molar-refractivity contribution in [1.82, 2.24) is 5.32 Å². The van der Waals surface area contributed by atoms with Crippen LogP contribution in [0.2, 0.25) is 25.7 Å². The normalized spacial score (nSPS) is 26.9. The number of aliphatic hydroxyl groups excluding tert-OH is 1. The lowest BCUT2D eigenvalue weighted by Gasteiger charge is -2.31. The fraction of sp³-hybridized carbons (Fsp3) is 0.846. The van der Waals surface area contributed by atoms with Gasteiger partial charge in [0.25, 0.3) is 0 Å². The maximum absolute atomic E-state index is 11.6. The third kappa shape index (κ3) is 5.92. The Bertz CT molecular complexity index is 355. The van der Waals surface area contributed by atoms with Crippen molar-refractivity contribution < 1.29 is 24.5 Å². The highest BCUT2D eigenvalue weighted by Gasteiger charge is 2.34. The molecule has 1 aliphatic rings. The molecule has 3 N–H and O–H groups in total. The number of carboxylic acids is 1. The van der Waals surface area contributed by atoms with Gasteiger partial charge in [-0.25, -0.2) is 4.79 Å². The van der Waals surface area contributed by atoms with E-state index in [1.54, 1.807) is 0 Å². The van der Waals surface area contributed by atoms with Crippen LogP contribution in [0.15, 0.2) is 0 Å². The number of hydrogen-bond acceptors (Lipinski definition) is 4. The van der Waals surface area contributed by atoms with Gasteiger partial charge in [0.2, 0.25) is 0 Å². The maximum atomic E-state index is 11.6. The fourth-order valence-electron chi connectivity index (χ4n) is 2.18. The van der Waals surface area contributed by atoms with Gasteiger partial charge in [-0.2, -0.15) is 0 Å². The number of aliphatic carboxylic acids is 1. The van der Waals surface area contributed by atoms with E-state index in [4.69, 9.17) is 9.84 Å². The number of rotatable bonds is 5. The van der Waals surface area contributed by atoms with Crippen molar-refractivity contribution >= 4 is 20.1 Å². The average Bonchev–Trinajstić information content (AvgIpc) is 2.30.